The van der Waals surface area contributed by atoms with E-state index < -0.39 is 5.97 Å². The first-order valence-corrected chi connectivity index (χ1v) is 10.9. The second-order valence-electron chi connectivity index (χ2n) is 7.12. The van der Waals surface area contributed by atoms with Gasteiger partial charge in [-0.05, 0) is 62.3 Å². The van der Waals surface area contributed by atoms with E-state index in [1.807, 2.05) is 31.2 Å². The summed E-state index contributed by atoms with van der Waals surface area (Å²) in [6.07, 6.45) is 7.63. The molecule has 0 heterocycles. The zero-order chi connectivity index (χ0) is 20.6. The van der Waals surface area contributed by atoms with E-state index in [4.69, 9.17) is 17.0 Å². The number of ether oxygens (including phenoxy) is 1. The Balaban J connectivity index is 1.63. The molecule has 1 saturated carbocycles. The number of aryl methyl sites for hydroxylation is 1. The quantitative estimate of drug-likeness (QED) is 0.207. The summed E-state index contributed by atoms with van der Waals surface area (Å²) in [6, 6.07) is 13.1. The molecule has 2 aromatic rings. The van der Waals surface area contributed by atoms with E-state index in [1.54, 1.807) is 24.4 Å². The highest BCUT2D eigenvalue weighted by Gasteiger charge is 2.14. The SMILES string of the molecule is Cc1ccc(C(=O)Oc2ccc(Br)cc2/C=N\NC(=S)NC2CCCCC2)cc1. The van der Waals surface area contributed by atoms with Gasteiger partial charge in [0.05, 0.1) is 11.8 Å². The Morgan fingerprint density at radius 2 is 1.90 bits per heavy atom. The molecule has 0 amide bonds. The van der Waals surface area contributed by atoms with Crippen molar-refractivity contribution in [2.75, 3.05) is 0 Å². The Labute approximate surface area is 185 Å². The standard InChI is InChI=1S/C22H24BrN3O2S/c1-15-7-9-16(10-8-15)21(27)28-20-12-11-18(23)13-17(20)14-24-26-22(29)25-19-5-3-2-4-6-19/h7-14,19H,2-6H2,1H3,(H2,25,26,29)/b24-14-. The molecule has 2 N–H and O–H groups in total. The molecule has 2 aromatic carbocycles. The number of rotatable bonds is 5. The van der Waals surface area contributed by atoms with Crippen molar-refractivity contribution in [2.45, 2.75) is 45.1 Å². The van der Waals surface area contributed by atoms with Crippen molar-refractivity contribution >= 4 is 45.4 Å². The molecular formula is C22H24BrN3O2S. The molecule has 0 aromatic heterocycles. The van der Waals surface area contributed by atoms with Gasteiger partial charge in [0.25, 0.3) is 0 Å². The second kappa shape index (κ2) is 10.5. The number of halogens is 1. The lowest BCUT2D eigenvalue weighted by Crippen LogP contribution is -2.40. The molecule has 0 spiro atoms. The van der Waals surface area contributed by atoms with E-state index in [-0.39, 0.29) is 0 Å². The van der Waals surface area contributed by atoms with Crippen LogP contribution in [0, 0.1) is 6.92 Å². The molecule has 5 nitrogen and oxygen atoms in total. The van der Waals surface area contributed by atoms with Gasteiger partial charge in [0.2, 0.25) is 0 Å². The van der Waals surface area contributed by atoms with Gasteiger partial charge in [-0.2, -0.15) is 5.10 Å². The number of benzene rings is 2. The smallest absolute Gasteiger partial charge is 0.343 e. The summed E-state index contributed by atoms with van der Waals surface area (Å²) in [6.45, 7) is 1.97. The maximum atomic E-state index is 12.4. The molecule has 7 heteroatoms. The van der Waals surface area contributed by atoms with Crippen molar-refractivity contribution in [3.8, 4) is 5.75 Å². The van der Waals surface area contributed by atoms with Crippen molar-refractivity contribution in [1.29, 1.82) is 0 Å². The van der Waals surface area contributed by atoms with Crippen LogP contribution in [0.4, 0.5) is 0 Å². The van der Waals surface area contributed by atoms with Crippen LogP contribution < -0.4 is 15.5 Å². The number of carbonyl (C=O) groups excluding carboxylic acids is 1. The number of nitrogens with one attached hydrogen (secondary N) is 2. The molecule has 0 bridgehead atoms. The van der Waals surface area contributed by atoms with Crippen LogP contribution in [-0.4, -0.2) is 23.3 Å². The van der Waals surface area contributed by atoms with Crippen LogP contribution in [0.25, 0.3) is 0 Å². The van der Waals surface area contributed by atoms with Gasteiger partial charge in [-0.25, -0.2) is 4.79 Å². The number of hydrogen-bond acceptors (Lipinski definition) is 4. The predicted octanol–water partition coefficient (Wildman–Crippen LogP) is 5.11. The van der Waals surface area contributed by atoms with Crippen LogP contribution in [0.5, 0.6) is 5.75 Å². The van der Waals surface area contributed by atoms with E-state index in [1.165, 1.54) is 19.3 Å². The van der Waals surface area contributed by atoms with E-state index in [0.29, 0.717) is 28.0 Å². The average Bonchev–Trinajstić information content (AvgIpc) is 2.71. The molecule has 0 atom stereocenters. The van der Waals surface area contributed by atoms with Crippen LogP contribution in [0.1, 0.15) is 53.6 Å². The molecule has 0 aliphatic heterocycles. The summed E-state index contributed by atoms with van der Waals surface area (Å²) in [4.78, 5) is 12.4. The lowest BCUT2D eigenvalue weighted by molar-refractivity contribution is 0.0734. The summed E-state index contributed by atoms with van der Waals surface area (Å²) in [5.74, 6) is 0.0138. The van der Waals surface area contributed by atoms with Crippen molar-refractivity contribution in [2.24, 2.45) is 5.10 Å². The fourth-order valence-corrected chi connectivity index (χ4v) is 3.78. The highest BCUT2D eigenvalue weighted by atomic mass is 79.9. The monoisotopic (exact) mass is 473 g/mol. The lowest BCUT2D eigenvalue weighted by atomic mass is 9.96. The fourth-order valence-electron chi connectivity index (χ4n) is 3.19. The van der Waals surface area contributed by atoms with Gasteiger partial charge < -0.3 is 10.1 Å². The second-order valence-corrected chi connectivity index (χ2v) is 8.44. The van der Waals surface area contributed by atoms with Gasteiger partial charge in [0.15, 0.2) is 5.11 Å². The van der Waals surface area contributed by atoms with Crippen LogP contribution in [0.3, 0.4) is 0 Å². The Hall–Kier alpha value is -2.25. The highest BCUT2D eigenvalue weighted by Crippen LogP contribution is 2.23. The number of hydrogen-bond donors (Lipinski definition) is 2. The van der Waals surface area contributed by atoms with Gasteiger partial charge in [-0.1, -0.05) is 52.9 Å². The molecule has 1 aliphatic carbocycles. The maximum Gasteiger partial charge on any atom is 0.343 e. The molecule has 0 unspecified atom stereocenters. The Morgan fingerprint density at radius 3 is 2.62 bits per heavy atom. The third kappa shape index (κ3) is 6.65. The summed E-state index contributed by atoms with van der Waals surface area (Å²) in [5.41, 5.74) is 5.09. The van der Waals surface area contributed by atoms with Crippen LogP contribution >= 0.6 is 28.1 Å². The van der Waals surface area contributed by atoms with Crippen molar-refractivity contribution in [3.05, 3.63) is 63.6 Å². The number of carbonyl (C=O) groups is 1. The van der Waals surface area contributed by atoms with Crippen molar-refractivity contribution in [3.63, 3.8) is 0 Å². The Bertz CT molecular complexity index is 893. The predicted molar refractivity (Wildman–Crippen MR) is 124 cm³/mol. The van der Waals surface area contributed by atoms with Gasteiger partial charge in [0.1, 0.15) is 5.75 Å². The van der Waals surface area contributed by atoms with Crippen molar-refractivity contribution in [1.82, 2.24) is 10.7 Å². The fraction of sp³-hybridized carbons (Fsp3) is 0.318. The van der Waals surface area contributed by atoms with E-state index in [2.05, 4.69) is 31.8 Å². The minimum absolute atomic E-state index is 0.413. The normalized spacial score (nSPS) is 14.6. The van der Waals surface area contributed by atoms with E-state index in [0.717, 1.165) is 22.9 Å². The van der Waals surface area contributed by atoms with E-state index in [9.17, 15) is 4.79 Å². The van der Waals surface area contributed by atoms with Gasteiger partial charge in [-0.3, -0.25) is 5.43 Å². The largest absolute Gasteiger partial charge is 0.422 e. The third-order valence-corrected chi connectivity index (χ3v) is 5.47. The Morgan fingerprint density at radius 1 is 1.17 bits per heavy atom. The number of nitrogens with zero attached hydrogens (tertiary/aromatic N) is 1. The third-order valence-electron chi connectivity index (χ3n) is 4.77. The summed E-state index contributed by atoms with van der Waals surface area (Å²) in [5, 5.41) is 8.01. The van der Waals surface area contributed by atoms with Gasteiger partial charge in [-0.15, -0.1) is 0 Å². The van der Waals surface area contributed by atoms with Crippen molar-refractivity contribution < 1.29 is 9.53 Å². The zero-order valence-corrected chi connectivity index (χ0v) is 18.7. The minimum atomic E-state index is -0.413. The average molecular weight is 474 g/mol. The molecule has 3 rings (SSSR count). The Kier molecular flexibility index (Phi) is 7.77. The van der Waals surface area contributed by atoms with Crippen LogP contribution in [0.2, 0.25) is 0 Å². The summed E-state index contributed by atoms with van der Waals surface area (Å²) < 4.78 is 6.44. The molecule has 152 valence electrons. The number of hydrazone groups is 1. The highest BCUT2D eigenvalue weighted by molar-refractivity contribution is 9.10. The molecule has 1 aliphatic rings. The molecule has 29 heavy (non-hydrogen) atoms. The van der Waals surface area contributed by atoms with Gasteiger partial charge in [0, 0.05) is 16.1 Å². The lowest BCUT2D eigenvalue weighted by Gasteiger charge is -2.23. The zero-order valence-electron chi connectivity index (χ0n) is 16.3. The molecule has 1 fully saturated rings. The molecule has 0 saturated heterocycles. The maximum absolute atomic E-state index is 12.4. The first-order chi connectivity index (χ1) is 14.0. The minimum Gasteiger partial charge on any atom is -0.422 e. The van der Waals surface area contributed by atoms with Gasteiger partial charge >= 0.3 is 5.97 Å². The topological polar surface area (TPSA) is 62.7 Å². The molecular weight excluding hydrogens is 450 g/mol. The number of esters is 1. The molecule has 0 radical (unpaired) electrons. The first-order valence-electron chi connectivity index (χ1n) is 9.69. The van der Waals surface area contributed by atoms with E-state index >= 15 is 0 Å². The van der Waals surface area contributed by atoms with Crippen LogP contribution in [0.15, 0.2) is 52.0 Å². The number of thiocarbonyl (C=S) groups is 1. The van der Waals surface area contributed by atoms with Crippen LogP contribution in [-0.2, 0) is 0 Å². The summed E-state index contributed by atoms with van der Waals surface area (Å²) >= 11 is 8.76. The summed E-state index contributed by atoms with van der Waals surface area (Å²) in [7, 11) is 0. The first kappa shape index (κ1) is 21.5.